The molecule has 10 atom stereocenters. The van der Waals surface area contributed by atoms with Crippen LogP contribution in [0, 0.1) is 44.8 Å². The number of carbonyl (C=O) groups is 2. The molecule has 6 heteroatoms. The molecule has 2 unspecified atom stereocenters. The Kier molecular flexibility index (Phi) is 5.39. The van der Waals surface area contributed by atoms with Gasteiger partial charge in [-0.25, -0.2) is 0 Å². The lowest BCUT2D eigenvalue weighted by Crippen LogP contribution is -2.68. The molecule has 5 rings (SSSR count). The van der Waals surface area contributed by atoms with Gasteiger partial charge in [0.05, 0.1) is 22.5 Å². The van der Waals surface area contributed by atoms with Gasteiger partial charge in [-0.05, 0) is 105 Å². The van der Waals surface area contributed by atoms with Crippen molar-refractivity contribution in [3.05, 3.63) is 23.8 Å². The Morgan fingerprint density at radius 3 is 2.19 bits per heavy atom. The Bertz CT molecular complexity index is 1060. The van der Waals surface area contributed by atoms with Crippen molar-refractivity contribution in [3.63, 3.8) is 0 Å². The first kappa shape index (κ1) is 26.0. The molecular weight excluding hydrogens is 456 g/mol. The predicted molar refractivity (Wildman–Crippen MR) is 136 cm³/mol. The molecule has 0 spiro atoms. The Labute approximate surface area is 214 Å². The first-order valence-corrected chi connectivity index (χ1v) is 13.8. The van der Waals surface area contributed by atoms with Crippen molar-refractivity contribution in [2.24, 2.45) is 44.8 Å². The van der Waals surface area contributed by atoms with Gasteiger partial charge in [0.15, 0.2) is 0 Å². The van der Waals surface area contributed by atoms with Crippen LogP contribution in [0.3, 0.4) is 0 Å². The normalized spacial score (nSPS) is 54.3. The van der Waals surface area contributed by atoms with E-state index in [0.717, 1.165) is 43.3 Å². The lowest BCUT2D eigenvalue weighted by molar-refractivity contribution is -0.219. The van der Waals surface area contributed by atoms with E-state index in [-0.39, 0.29) is 28.1 Å². The standard InChI is InChI=1S/C30H44O6/c1-17-9-14-30(24(34)35)16-15-26(3)18(22(30)29(17,6)36)7-8-19-25(2)12-11-21(31)28(5,23(32)33)20(25)10-13-27(19,26)4/h7,19-22,31,36H,1,8-16H2,2-6H3,(H,32,33)(H,34,35)/t19-,20?,21-,22-,25-,26-,27-,28?,29-,30+/m1/s1. The molecular formula is C30H44O6. The molecule has 200 valence electrons. The van der Waals surface area contributed by atoms with E-state index in [1.165, 1.54) is 0 Å². The first-order valence-electron chi connectivity index (χ1n) is 13.8. The molecule has 0 amide bonds. The summed E-state index contributed by atoms with van der Waals surface area (Å²) in [6.45, 7) is 14.5. The van der Waals surface area contributed by atoms with E-state index >= 15 is 0 Å². The maximum absolute atomic E-state index is 12.8. The highest BCUT2D eigenvalue weighted by Gasteiger charge is 2.72. The third kappa shape index (κ3) is 2.76. The SMILES string of the molecule is C=C1CC[C@]2(C(=O)O)CC[C@]3(C)C(=CC[C@@H]4[C@@]5(C)CC[C@@H](O)C(C)(C(=O)O)C5CC[C@]43C)[C@@H]2[C@]1(C)O. The molecule has 36 heavy (non-hydrogen) atoms. The van der Waals surface area contributed by atoms with E-state index in [4.69, 9.17) is 0 Å². The zero-order valence-electron chi connectivity index (χ0n) is 22.6. The van der Waals surface area contributed by atoms with Gasteiger partial charge in [-0.3, -0.25) is 9.59 Å². The minimum atomic E-state index is -1.29. The lowest BCUT2D eigenvalue weighted by Gasteiger charge is -2.71. The van der Waals surface area contributed by atoms with E-state index in [1.807, 2.05) is 0 Å². The van der Waals surface area contributed by atoms with Crippen molar-refractivity contribution in [3.8, 4) is 0 Å². The number of aliphatic carboxylic acids is 2. The summed E-state index contributed by atoms with van der Waals surface area (Å²) in [5.74, 6) is -2.14. The second kappa shape index (κ2) is 7.47. The second-order valence-electron chi connectivity index (χ2n) is 14.1. The minimum absolute atomic E-state index is 0.123. The molecule has 6 nitrogen and oxygen atoms in total. The van der Waals surface area contributed by atoms with Crippen LogP contribution >= 0.6 is 0 Å². The van der Waals surface area contributed by atoms with E-state index in [9.17, 15) is 30.0 Å². The summed E-state index contributed by atoms with van der Waals surface area (Å²) in [6, 6.07) is 0. The fraction of sp³-hybridized carbons (Fsp3) is 0.800. The average Bonchev–Trinajstić information content (AvgIpc) is 2.79. The Morgan fingerprint density at radius 2 is 1.58 bits per heavy atom. The number of aliphatic hydroxyl groups excluding tert-OH is 1. The zero-order chi connectivity index (χ0) is 26.7. The highest BCUT2D eigenvalue weighted by molar-refractivity contribution is 5.78. The van der Waals surface area contributed by atoms with Gasteiger partial charge < -0.3 is 20.4 Å². The minimum Gasteiger partial charge on any atom is -0.481 e. The van der Waals surface area contributed by atoms with Crippen LogP contribution in [0.2, 0.25) is 0 Å². The smallest absolute Gasteiger partial charge is 0.312 e. The predicted octanol–water partition coefficient (Wildman–Crippen LogP) is 5.19. The third-order valence-corrected chi connectivity index (χ3v) is 13.1. The third-order valence-electron chi connectivity index (χ3n) is 13.1. The Balaban J connectivity index is 1.65. The summed E-state index contributed by atoms with van der Waals surface area (Å²) in [4.78, 5) is 25.3. The van der Waals surface area contributed by atoms with E-state index < -0.39 is 40.4 Å². The van der Waals surface area contributed by atoms with Gasteiger partial charge in [-0.1, -0.05) is 39.0 Å². The summed E-state index contributed by atoms with van der Waals surface area (Å²) in [5, 5.41) is 43.4. The fourth-order valence-electron chi connectivity index (χ4n) is 10.6. The quantitative estimate of drug-likeness (QED) is 0.388. The Morgan fingerprint density at radius 1 is 0.917 bits per heavy atom. The van der Waals surface area contributed by atoms with Gasteiger partial charge in [0.25, 0.3) is 0 Å². The maximum atomic E-state index is 12.8. The molecule has 0 aromatic heterocycles. The summed E-state index contributed by atoms with van der Waals surface area (Å²) in [6.07, 6.45) is 7.26. The second-order valence-corrected chi connectivity index (χ2v) is 14.1. The van der Waals surface area contributed by atoms with Gasteiger partial charge in [0.2, 0.25) is 0 Å². The van der Waals surface area contributed by atoms with E-state index in [1.54, 1.807) is 13.8 Å². The van der Waals surface area contributed by atoms with Crippen molar-refractivity contribution in [1.82, 2.24) is 0 Å². The van der Waals surface area contributed by atoms with Crippen molar-refractivity contribution in [2.45, 2.75) is 104 Å². The number of fused-ring (bicyclic) bond motifs is 7. The van der Waals surface area contributed by atoms with Crippen LogP contribution in [0.25, 0.3) is 0 Å². The molecule has 4 N–H and O–H groups in total. The van der Waals surface area contributed by atoms with Crippen LogP contribution in [0.5, 0.6) is 0 Å². The fourth-order valence-corrected chi connectivity index (χ4v) is 10.6. The zero-order valence-corrected chi connectivity index (χ0v) is 22.6. The highest BCUT2D eigenvalue weighted by Crippen LogP contribution is 2.76. The van der Waals surface area contributed by atoms with Crippen LogP contribution in [0.1, 0.15) is 92.4 Å². The van der Waals surface area contributed by atoms with Gasteiger partial charge in [-0.15, -0.1) is 0 Å². The van der Waals surface area contributed by atoms with Crippen molar-refractivity contribution in [2.75, 3.05) is 0 Å². The monoisotopic (exact) mass is 500 g/mol. The van der Waals surface area contributed by atoms with Crippen LogP contribution in [0.4, 0.5) is 0 Å². The molecule has 0 heterocycles. The van der Waals surface area contributed by atoms with Crippen LogP contribution < -0.4 is 0 Å². The topological polar surface area (TPSA) is 115 Å². The van der Waals surface area contributed by atoms with Gasteiger partial charge in [-0.2, -0.15) is 0 Å². The number of carboxylic acids is 2. The summed E-state index contributed by atoms with van der Waals surface area (Å²) >= 11 is 0. The first-order chi connectivity index (χ1) is 16.5. The maximum Gasteiger partial charge on any atom is 0.312 e. The number of aliphatic hydroxyl groups is 2. The van der Waals surface area contributed by atoms with E-state index in [0.29, 0.717) is 25.7 Å². The lowest BCUT2D eigenvalue weighted by atomic mass is 9.33. The summed E-state index contributed by atoms with van der Waals surface area (Å²) in [7, 11) is 0. The molecule has 4 saturated carbocycles. The number of carboxylic acid groups (broad SMARTS) is 2. The van der Waals surface area contributed by atoms with Crippen molar-refractivity contribution >= 4 is 11.9 Å². The molecule has 5 aliphatic rings. The molecule has 0 aliphatic heterocycles. The molecule has 0 saturated heterocycles. The van der Waals surface area contributed by atoms with Crippen LogP contribution in [-0.2, 0) is 9.59 Å². The largest absolute Gasteiger partial charge is 0.481 e. The van der Waals surface area contributed by atoms with Gasteiger partial charge in [0, 0.05) is 5.92 Å². The number of rotatable bonds is 2. The molecule has 0 aromatic rings. The van der Waals surface area contributed by atoms with E-state index in [2.05, 4.69) is 33.4 Å². The van der Waals surface area contributed by atoms with Gasteiger partial charge in [0.1, 0.15) is 0 Å². The molecule has 0 bridgehead atoms. The molecule has 0 aromatic carbocycles. The molecule has 4 fully saturated rings. The van der Waals surface area contributed by atoms with Crippen LogP contribution in [0.15, 0.2) is 23.8 Å². The highest BCUT2D eigenvalue weighted by atomic mass is 16.4. The van der Waals surface area contributed by atoms with Crippen molar-refractivity contribution in [1.29, 1.82) is 0 Å². The number of hydrogen-bond donors (Lipinski definition) is 4. The number of allylic oxidation sites excluding steroid dienone is 1. The Hall–Kier alpha value is -1.66. The average molecular weight is 501 g/mol. The van der Waals surface area contributed by atoms with Crippen LogP contribution in [-0.4, -0.2) is 44.1 Å². The van der Waals surface area contributed by atoms with Gasteiger partial charge >= 0.3 is 11.9 Å². The summed E-state index contributed by atoms with van der Waals surface area (Å²) in [5.41, 5.74) is -2.35. The number of hydrogen-bond acceptors (Lipinski definition) is 4. The summed E-state index contributed by atoms with van der Waals surface area (Å²) < 4.78 is 0. The molecule has 0 radical (unpaired) electrons. The van der Waals surface area contributed by atoms with Crippen molar-refractivity contribution < 1.29 is 30.0 Å². The molecule has 5 aliphatic carbocycles.